The monoisotopic (exact) mass is 367 g/mol. The molecular formula is C18H21N7O2. The highest BCUT2D eigenvalue weighted by atomic mass is 16.2. The first kappa shape index (κ1) is 18.3. The Kier molecular flexibility index (Phi) is 5.30. The van der Waals surface area contributed by atoms with Crippen LogP contribution in [0, 0.1) is 13.8 Å². The van der Waals surface area contributed by atoms with Gasteiger partial charge >= 0.3 is 11.8 Å². The number of aryl methyl sites for hydroxylation is 2. The van der Waals surface area contributed by atoms with E-state index < -0.39 is 11.8 Å². The van der Waals surface area contributed by atoms with E-state index in [1.54, 1.807) is 35.4 Å². The Balaban J connectivity index is 1.62. The van der Waals surface area contributed by atoms with Gasteiger partial charge in [-0.05, 0) is 39.0 Å². The molecule has 0 fully saturated rings. The molecule has 2 amide bonds. The number of nitrogens with zero attached hydrogens (tertiary/aromatic N) is 5. The Hall–Kier alpha value is -3.49. The van der Waals surface area contributed by atoms with Crippen LogP contribution in [-0.4, -0.2) is 36.4 Å². The third-order valence-electron chi connectivity index (χ3n) is 4.28. The second-order valence-corrected chi connectivity index (χ2v) is 6.02. The number of hydrogen-bond donors (Lipinski definition) is 2. The molecule has 0 saturated heterocycles. The number of carbonyl (C=O) groups excluding carboxylic acids is 2. The van der Waals surface area contributed by atoms with Crippen LogP contribution < -0.4 is 10.6 Å². The molecule has 140 valence electrons. The molecule has 0 unspecified atom stereocenters. The van der Waals surface area contributed by atoms with E-state index in [0.29, 0.717) is 5.69 Å². The Bertz CT molecular complexity index is 960. The van der Waals surface area contributed by atoms with Crippen LogP contribution in [0.4, 0.5) is 5.69 Å². The molecule has 3 rings (SSSR count). The maximum Gasteiger partial charge on any atom is 0.313 e. The minimum Gasteiger partial charge on any atom is -0.344 e. The number of amides is 2. The van der Waals surface area contributed by atoms with Gasteiger partial charge in [0.05, 0.1) is 11.4 Å². The van der Waals surface area contributed by atoms with Crippen LogP contribution in [0.25, 0.3) is 5.69 Å². The van der Waals surface area contributed by atoms with Gasteiger partial charge in [0, 0.05) is 30.0 Å². The second kappa shape index (κ2) is 7.81. The molecule has 9 nitrogen and oxygen atoms in total. The van der Waals surface area contributed by atoms with Gasteiger partial charge in [-0.2, -0.15) is 5.10 Å². The van der Waals surface area contributed by atoms with Crippen molar-refractivity contribution in [2.24, 2.45) is 0 Å². The van der Waals surface area contributed by atoms with Gasteiger partial charge in [-0.1, -0.05) is 6.07 Å². The predicted octanol–water partition coefficient (Wildman–Crippen LogP) is 1.36. The standard InChI is InChI=1S/C18H21N7O2/c1-4-25-13(3)16(12(2)23-25)9-19-17(26)18(27)22-14-6-5-7-15(8-14)24-10-20-21-11-24/h5-8,10-11H,4,9H2,1-3H3,(H,19,26)(H,22,27). The van der Waals surface area contributed by atoms with Crippen molar-refractivity contribution in [2.45, 2.75) is 33.9 Å². The zero-order chi connectivity index (χ0) is 19.4. The summed E-state index contributed by atoms with van der Waals surface area (Å²) in [5.74, 6) is -1.43. The number of benzene rings is 1. The van der Waals surface area contributed by atoms with E-state index in [9.17, 15) is 9.59 Å². The molecule has 0 aliphatic heterocycles. The molecular weight excluding hydrogens is 346 g/mol. The lowest BCUT2D eigenvalue weighted by molar-refractivity contribution is -0.136. The highest BCUT2D eigenvalue weighted by Gasteiger charge is 2.16. The highest BCUT2D eigenvalue weighted by molar-refractivity contribution is 6.39. The molecule has 0 spiro atoms. The fourth-order valence-electron chi connectivity index (χ4n) is 2.81. The average Bonchev–Trinajstić information content (AvgIpc) is 3.29. The molecule has 0 bridgehead atoms. The van der Waals surface area contributed by atoms with E-state index in [4.69, 9.17) is 0 Å². The smallest absolute Gasteiger partial charge is 0.313 e. The second-order valence-electron chi connectivity index (χ2n) is 6.02. The summed E-state index contributed by atoms with van der Waals surface area (Å²) < 4.78 is 3.57. The van der Waals surface area contributed by atoms with Crippen molar-refractivity contribution in [2.75, 3.05) is 5.32 Å². The van der Waals surface area contributed by atoms with Gasteiger partial charge in [0.1, 0.15) is 12.7 Å². The molecule has 1 aromatic carbocycles. The molecule has 0 aliphatic rings. The summed E-state index contributed by atoms with van der Waals surface area (Å²) in [5, 5.41) is 17.2. The van der Waals surface area contributed by atoms with Gasteiger partial charge < -0.3 is 10.6 Å². The molecule has 0 radical (unpaired) electrons. The van der Waals surface area contributed by atoms with Gasteiger partial charge in [0.15, 0.2) is 0 Å². The van der Waals surface area contributed by atoms with Crippen molar-refractivity contribution in [1.82, 2.24) is 29.9 Å². The van der Waals surface area contributed by atoms with E-state index in [1.807, 2.05) is 31.5 Å². The lowest BCUT2D eigenvalue weighted by Gasteiger charge is -2.09. The van der Waals surface area contributed by atoms with E-state index in [0.717, 1.165) is 29.2 Å². The number of hydrogen-bond acceptors (Lipinski definition) is 5. The first-order chi connectivity index (χ1) is 13.0. The molecule has 3 aromatic rings. The van der Waals surface area contributed by atoms with E-state index in [1.165, 1.54) is 0 Å². The summed E-state index contributed by atoms with van der Waals surface area (Å²) in [7, 11) is 0. The largest absolute Gasteiger partial charge is 0.344 e. The number of carbonyl (C=O) groups is 2. The summed E-state index contributed by atoms with van der Waals surface area (Å²) in [6.45, 7) is 6.84. The third-order valence-corrected chi connectivity index (χ3v) is 4.28. The van der Waals surface area contributed by atoms with Crippen molar-refractivity contribution in [1.29, 1.82) is 0 Å². The normalized spacial score (nSPS) is 10.6. The van der Waals surface area contributed by atoms with Crippen LogP contribution in [0.15, 0.2) is 36.9 Å². The first-order valence-electron chi connectivity index (χ1n) is 8.56. The molecule has 9 heteroatoms. The highest BCUT2D eigenvalue weighted by Crippen LogP contribution is 2.14. The fourth-order valence-corrected chi connectivity index (χ4v) is 2.81. The average molecular weight is 367 g/mol. The summed E-state index contributed by atoms with van der Waals surface area (Å²) in [6, 6.07) is 7.05. The van der Waals surface area contributed by atoms with Gasteiger partial charge in [-0.3, -0.25) is 18.8 Å². The van der Waals surface area contributed by atoms with Gasteiger partial charge in [0.2, 0.25) is 0 Å². The van der Waals surface area contributed by atoms with Crippen molar-refractivity contribution < 1.29 is 9.59 Å². The predicted molar refractivity (Wildman–Crippen MR) is 99.2 cm³/mol. The van der Waals surface area contributed by atoms with Crippen molar-refractivity contribution in [3.8, 4) is 5.69 Å². The number of nitrogens with one attached hydrogen (secondary N) is 2. The topological polar surface area (TPSA) is 107 Å². The lowest BCUT2D eigenvalue weighted by atomic mass is 10.2. The maximum atomic E-state index is 12.2. The fraction of sp³-hybridized carbons (Fsp3) is 0.278. The quantitative estimate of drug-likeness (QED) is 0.662. The number of anilines is 1. The van der Waals surface area contributed by atoms with Crippen molar-refractivity contribution in [3.63, 3.8) is 0 Å². The summed E-state index contributed by atoms with van der Waals surface area (Å²) >= 11 is 0. The van der Waals surface area contributed by atoms with Gasteiger partial charge in [-0.25, -0.2) is 0 Å². The van der Waals surface area contributed by atoms with Crippen LogP contribution in [0.2, 0.25) is 0 Å². The van der Waals surface area contributed by atoms with E-state index in [-0.39, 0.29) is 6.54 Å². The van der Waals surface area contributed by atoms with E-state index in [2.05, 4.69) is 25.9 Å². The van der Waals surface area contributed by atoms with Gasteiger partial charge in [-0.15, -0.1) is 10.2 Å². The van der Waals surface area contributed by atoms with Crippen molar-refractivity contribution >= 4 is 17.5 Å². The zero-order valence-electron chi connectivity index (χ0n) is 15.4. The van der Waals surface area contributed by atoms with Crippen LogP contribution in [0.5, 0.6) is 0 Å². The minimum absolute atomic E-state index is 0.255. The molecule has 2 heterocycles. The molecule has 0 saturated carbocycles. The van der Waals surface area contributed by atoms with Crippen LogP contribution >= 0.6 is 0 Å². The minimum atomic E-state index is -0.728. The van der Waals surface area contributed by atoms with Crippen molar-refractivity contribution in [3.05, 3.63) is 53.9 Å². The van der Waals surface area contributed by atoms with Crippen LogP contribution in [0.3, 0.4) is 0 Å². The van der Waals surface area contributed by atoms with Crippen LogP contribution in [0.1, 0.15) is 23.9 Å². The maximum absolute atomic E-state index is 12.2. The molecule has 0 atom stereocenters. The third kappa shape index (κ3) is 4.02. The molecule has 2 aromatic heterocycles. The Morgan fingerprint density at radius 3 is 2.52 bits per heavy atom. The SMILES string of the molecule is CCn1nc(C)c(CNC(=O)C(=O)Nc2cccc(-n3cnnc3)c2)c1C. The van der Waals surface area contributed by atoms with Gasteiger partial charge in [0.25, 0.3) is 0 Å². The number of rotatable bonds is 5. The number of aromatic nitrogens is 5. The lowest BCUT2D eigenvalue weighted by Crippen LogP contribution is -2.35. The molecule has 2 N–H and O–H groups in total. The van der Waals surface area contributed by atoms with E-state index >= 15 is 0 Å². The Labute approximate surface area is 156 Å². The zero-order valence-corrected chi connectivity index (χ0v) is 15.4. The summed E-state index contributed by atoms with van der Waals surface area (Å²) in [4.78, 5) is 24.3. The first-order valence-corrected chi connectivity index (χ1v) is 8.56. The summed E-state index contributed by atoms with van der Waals surface area (Å²) in [6.07, 6.45) is 3.10. The summed E-state index contributed by atoms with van der Waals surface area (Å²) in [5.41, 5.74) is 4.03. The Morgan fingerprint density at radius 1 is 1.11 bits per heavy atom. The Morgan fingerprint density at radius 2 is 1.85 bits per heavy atom. The molecule has 0 aliphatic carbocycles. The van der Waals surface area contributed by atoms with Crippen LogP contribution in [-0.2, 0) is 22.7 Å². The molecule has 27 heavy (non-hydrogen) atoms.